The van der Waals surface area contributed by atoms with Crippen molar-refractivity contribution >= 4 is 17.6 Å². The summed E-state index contributed by atoms with van der Waals surface area (Å²) in [5.74, 6) is -0.0491. The number of nitrogens with zero attached hydrogens (tertiary/aromatic N) is 1. The Labute approximate surface area is 138 Å². The van der Waals surface area contributed by atoms with Gasteiger partial charge in [0.2, 0.25) is 5.91 Å². The van der Waals surface area contributed by atoms with Crippen LogP contribution < -0.4 is 11.1 Å². The first-order chi connectivity index (χ1) is 10.8. The molecule has 1 saturated carbocycles. The monoisotopic (exact) mass is 317 g/mol. The van der Waals surface area contributed by atoms with Gasteiger partial charge in [0.1, 0.15) is 0 Å². The second-order valence-electron chi connectivity index (χ2n) is 6.59. The Hall–Kier alpha value is -2.04. The van der Waals surface area contributed by atoms with Crippen LogP contribution in [0, 0.1) is 12.8 Å². The first kappa shape index (κ1) is 17.3. The topological polar surface area (TPSA) is 75.4 Å². The molecule has 3 N–H and O–H groups in total. The molecule has 0 spiro atoms. The van der Waals surface area contributed by atoms with Crippen LogP contribution in [0.2, 0.25) is 0 Å². The van der Waals surface area contributed by atoms with Crippen LogP contribution in [0.15, 0.2) is 18.2 Å². The van der Waals surface area contributed by atoms with Crippen LogP contribution in [0.25, 0.3) is 0 Å². The third kappa shape index (κ3) is 4.03. The fourth-order valence-corrected chi connectivity index (χ4v) is 2.74. The highest BCUT2D eigenvalue weighted by atomic mass is 16.2. The number of rotatable bonds is 6. The molecule has 2 rings (SSSR count). The lowest BCUT2D eigenvalue weighted by atomic mass is 9.99. The summed E-state index contributed by atoms with van der Waals surface area (Å²) in [6, 6.07) is 5.55. The van der Waals surface area contributed by atoms with Gasteiger partial charge in [-0.15, -0.1) is 0 Å². The van der Waals surface area contributed by atoms with E-state index in [1.165, 1.54) is 0 Å². The van der Waals surface area contributed by atoms with Crippen molar-refractivity contribution in [3.05, 3.63) is 29.3 Å². The van der Waals surface area contributed by atoms with E-state index in [-0.39, 0.29) is 12.1 Å². The second-order valence-corrected chi connectivity index (χ2v) is 6.59. The molecule has 2 atom stereocenters. The standard InChI is InChI=1S/C18H27N3O2/c1-5-11(2)13(4)21(15-8-9-15)18(23)20-16-10-14(17(19)22)7-6-12(16)3/h6-7,10-11,13,15H,5,8-9H2,1-4H3,(H2,19,22)(H,20,23). The number of nitrogens with one attached hydrogen (secondary N) is 1. The molecule has 1 fully saturated rings. The third-order valence-electron chi connectivity index (χ3n) is 4.84. The Morgan fingerprint density at radius 2 is 2.00 bits per heavy atom. The van der Waals surface area contributed by atoms with Gasteiger partial charge in [-0.1, -0.05) is 26.3 Å². The Morgan fingerprint density at radius 3 is 2.52 bits per heavy atom. The minimum Gasteiger partial charge on any atom is -0.366 e. The van der Waals surface area contributed by atoms with Crippen LogP contribution in [0.1, 0.15) is 56.0 Å². The van der Waals surface area contributed by atoms with E-state index in [0.717, 1.165) is 24.8 Å². The number of benzene rings is 1. The molecule has 2 unspecified atom stereocenters. The zero-order valence-electron chi connectivity index (χ0n) is 14.4. The molecule has 126 valence electrons. The fourth-order valence-electron chi connectivity index (χ4n) is 2.74. The van der Waals surface area contributed by atoms with Crippen molar-refractivity contribution in [1.29, 1.82) is 0 Å². The Morgan fingerprint density at radius 1 is 1.35 bits per heavy atom. The number of amides is 3. The van der Waals surface area contributed by atoms with Gasteiger partial charge in [-0.2, -0.15) is 0 Å². The van der Waals surface area contributed by atoms with Gasteiger partial charge >= 0.3 is 6.03 Å². The largest absolute Gasteiger partial charge is 0.366 e. The lowest BCUT2D eigenvalue weighted by Crippen LogP contribution is -2.45. The zero-order chi connectivity index (χ0) is 17.1. The Bertz CT molecular complexity index is 596. The second kappa shape index (κ2) is 7.02. The van der Waals surface area contributed by atoms with E-state index >= 15 is 0 Å². The van der Waals surface area contributed by atoms with E-state index in [1.807, 2.05) is 11.8 Å². The Balaban J connectivity index is 2.19. The van der Waals surface area contributed by atoms with Crippen molar-refractivity contribution in [3.63, 3.8) is 0 Å². The maximum Gasteiger partial charge on any atom is 0.322 e. The number of anilines is 1. The molecule has 0 bridgehead atoms. The van der Waals surface area contributed by atoms with Crippen molar-refractivity contribution in [2.75, 3.05) is 5.32 Å². The van der Waals surface area contributed by atoms with Gasteiger partial charge in [0, 0.05) is 23.3 Å². The number of primary amides is 1. The average Bonchev–Trinajstić information content (AvgIpc) is 3.33. The highest BCUT2D eigenvalue weighted by Gasteiger charge is 2.37. The maximum absolute atomic E-state index is 12.8. The Kier molecular flexibility index (Phi) is 5.29. The van der Waals surface area contributed by atoms with Gasteiger partial charge < -0.3 is 16.0 Å². The van der Waals surface area contributed by atoms with Crippen LogP contribution in [0.4, 0.5) is 10.5 Å². The van der Waals surface area contributed by atoms with Crippen molar-refractivity contribution in [2.45, 2.75) is 59.0 Å². The van der Waals surface area contributed by atoms with Crippen LogP contribution in [-0.2, 0) is 0 Å². The number of carbonyl (C=O) groups excluding carboxylic acids is 2. The first-order valence-corrected chi connectivity index (χ1v) is 8.34. The third-order valence-corrected chi connectivity index (χ3v) is 4.84. The summed E-state index contributed by atoms with van der Waals surface area (Å²) in [4.78, 5) is 26.1. The quantitative estimate of drug-likeness (QED) is 0.842. The number of hydrogen-bond acceptors (Lipinski definition) is 2. The molecule has 3 amide bonds. The van der Waals surface area contributed by atoms with Crippen LogP contribution in [0.3, 0.4) is 0 Å². The lowest BCUT2D eigenvalue weighted by molar-refractivity contribution is 0.1000. The van der Waals surface area contributed by atoms with E-state index in [9.17, 15) is 9.59 Å². The van der Waals surface area contributed by atoms with E-state index in [4.69, 9.17) is 5.73 Å². The normalized spacial score (nSPS) is 16.5. The summed E-state index contributed by atoms with van der Waals surface area (Å²) in [5.41, 5.74) is 7.29. The number of nitrogens with two attached hydrogens (primary N) is 1. The molecule has 0 radical (unpaired) electrons. The molecule has 0 heterocycles. The molecule has 1 aliphatic carbocycles. The SMILES string of the molecule is CCC(C)C(C)N(C(=O)Nc1cc(C(N)=O)ccc1C)C1CC1. The summed E-state index contributed by atoms with van der Waals surface area (Å²) < 4.78 is 0. The van der Waals surface area contributed by atoms with E-state index in [1.54, 1.807) is 18.2 Å². The van der Waals surface area contributed by atoms with E-state index in [0.29, 0.717) is 23.2 Å². The smallest absolute Gasteiger partial charge is 0.322 e. The number of carbonyl (C=O) groups is 2. The molecule has 1 aromatic rings. The summed E-state index contributed by atoms with van der Waals surface area (Å²) in [5, 5.41) is 2.97. The van der Waals surface area contributed by atoms with Crippen LogP contribution >= 0.6 is 0 Å². The zero-order valence-corrected chi connectivity index (χ0v) is 14.4. The molecule has 0 aliphatic heterocycles. The van der Waals surface area contributed by atoms with Gasteiger partial charge in [0.25, 0.3) is 0 Å². The van der Waals surface area contributed by atoms with Crippen LogP contribution in [0.5, 0.6) is 0 Å². The maximum atomic E-state index is 12.8. The summed E-state index contributed by atoms with van der Waals surface area (Å²) in [6.07, 6.45) is 3.16. The average molecular weight is 317 g/mol. The molecular weight excluding hydrogens is 290 g/mol. The predicted octanol–water partition coefficient (Wildman–Crippen LogP) is 3.52. The highest BCUT2D eigenvalue weighted by Crippen LogP contribution is 2.32. The van der Waals surface area contributed by atoms with Crippen LogP contribution in [-0.4, -0.2) is 28.9 Å². The number of hydrogen-bond donors (Lipinski definition) is 2. The lowest BCUT2D eigenvalue weighted by Gasteiger charge is -2.33. The molecule has 0 aromatic heterocycles. The first-order valence-electron chi connectivity index (χ1n) is 8.34. The number of urea groups is 1. The minimum absolute atomic E-state index is 0.0926. The van der Waals surface area contributed by atoms with Gasteiger partial charge in [-0.3, -0.25) is 4.79 Å². The molecule has 5 heteroatoms. The van der Waals surface area contributed by atoms with E-state index in [2.05, 4.69) is 26.1 Å². The van der Waals surface area contributed by atoms with Gasteiger partial charge in [-0.25, -0.2) is 4.79 Å². The molecule has 1 aliphatic rings. The van der Waals surface area contributed by atoms with Crippen molar-refractivity contribution in [3.8, 4) is 0 Å². The highest BCUT2D eigenvalue weighted by molar-refractivity contribution is 5.96. The van der Waals surface area contributed by atoms with Crippen molar-refractivity contribution < 1.29 is 9.59 Å². The summed E-state index contributed by atoms with van der Waals surface area (Å²) >= 11 is 0. The predicted molar refractivity (Wildman–Crippen MR) is 92.5 cm³/mol. The van der Waals surface area contributed by atoms with Gasteiger partial charge in [0.05, 0.1) is 0 Å². The molecule has 23 heavy (non-hydrogen) atoms. The number of aryl methyl sites for hydroxylation is 1. The summed E-state index contributed by atoms with van der Waals surface area (Å²) in [6.45, 7) is 8.33. The van der Waals surface area contributed by atoms with E-state index < -0.39 is 5.91 Å². The van der Waals surface area contributed by atoms with Crippen molar-refractivity contribution in [1.82, 2.24) is 4.90 Å². The summed E-state index contributed by atoms with van der Waals surface area (Å²) in [7, 11) is 0. The molecular formula is C18H27N3O2. The molecule has 0 saturated heterocycles. The fraction of sp³-hybridized carbons (Fsp3) is 0.556. The van der Waals surface area contributed by atoms with Crippen molar-refractivity contribution in [2.24, 2.45) is 11.7 Å². The minimum atomic E-state index is -0.493. The van der Waals surface area contributed by atoms with Gasteiger partial charge in [0.15, 0.2) is 0 Å². The molecule has 1 aromatic carbocycles. The van der Waals surface area contributed by atoms with Gasteiger partial charge in [-0.05, 0) is 50.3 Å². The molecule has 5 nitrogen and oxygen atoms in total.